The Kier molecular flexibility index (Phi) is 2.76. The summed E-state index contributed by atoms with van der Waals surface area (Å²) < 4.78 is 5.27. The van der Waals surface area contributed by atoms with Crippen LogP contribution in [-0.4, -0.2) is 7.11 Å². The van der Waals surface area contributed by atoms with Gasteiger partial charge < -0.3 is 10.5 Å². The van der Waals surface area contributed by atoms with Crippen molar-refractivity contribution < 1.29 is 4.74 Å². The molecule has 1 atom stereocenters. The molecule has 0 aliphatic rings. The van der Waals surface area contributed by atoms with E-state index in [-0.39, 0.29) is 0 Å². The number of benzene rings is 2. The molecule has 2 aromatic rings. The van der Waals surface area contributed by atoms with Gasteiger partial charge in [0.05, 0.1) is 13.2 Å². The van der Waals surface area contributed by atoms with Gasteiger partial charge in [-0.05, 0) is 17.0 Å². The van der Waals surface area contributed by atoms with Gasteiger partial charge in [-0.1, -0.05) is 30.3 Å². The van der Waals surface area contributed by atoms with Gasteiger partial charge in [0, 0.05) is 5.39 Å². The normalized spacial score (nSPS) is 12.1. The van der Waals surface area contributed by atoms with Crippen molar-refractivity contribution in [1.82, 2.24) is 0 Å². The van der Waals surface area contributed by atoms with Crippen molar-refractivity contribution in [1.29, 1.82) is 5.26 Å². The first-order chi connectivity index (χ1) is 7.77. The highest BCUT2D eigenvalue weighted by atomic mass is 16.5. The summed E-state index contributed by atoms with van der Waals surface area (Å²) >= 11 is 0. The van der Waals surface area contributed by atoms with E-state index in [1.165, 1.54) is 0 Å². The first-order valence-electron chi connectivity index (χ1n) is 4.98. The fourth-order valence-electron chi connectivity index (χ4n) is 1.81. The second-order valence-corrected chi connectivity index (χ2v) is 3.51. The standard InChI is InChI=1S/C13H12N2O/c1-16-13-7-6-10(12(15)8-14)9-4-2-3-5-11(9)13/h2-7,12H,15H2,1H3. The molecule has 0 amide bonds. The average molecular weight is 212 g/mol. The zero-order chi connectivity index (χ0) is 11.5. The van der Waals surface area contributed by atoms with E-state index in [2.05, 4.69) is 0 Å². The molecule has 0 heterocycles. The number of nitrogens with zero attached hydrogens (tertiary/aromatic N) is 1. The second-order valence-electron chi connectivity index (χ2n) is 3.51. The van der Waals surface area contributed by atoms with Crippen LogP contribution in [0, 0.1) is 11.3 Å². The van der Waals surface area contributed by atoms with Crippen LogP contribution >= 0.6 is 0 Å². The number of fused-ring (bicyclic) bond motifs is 1. The van der Waals surface area contributed by atoms with Crippen LogP contribution in [0.25, 0.3) is 10.8 Å². The number of nitrogens with two attached hydrogens (primary N) is 1. The van der Waals surface area contributed by atoms with E-state index < -0.39 is 6.04 Å². The number of nitriles is 1. The second kappa shape index (κ2) is 4.21. The molecular formula is C13H12N2O. The molecule has 0 saturated heterocycles. The fourth-order valence-corrected chi connectivity index (χ4v) is 1.81. The van der Waals surface area contributed by atoms with Crippen LogP contribution in [0.15, 0.2) is 36.4 Å². The van der Waals surface area contributed by atoms with Crippen LogP contribution in [0.3, 0.4) is 0 Å². The highest BCUT2D eigenvalue weighted by Crippen LogP contribution is 2.30. The quantitative estimate of drug-likeness (QED) is 0.831. The maximum atomic E-state index is 8.87. The van der Waals surface area contributed by atoms with Crippen LogP contribution in [0.5, 0.6) is 5.75 Å². The Morgan fingerprint density at radius 1 is 1.19 bits per heavy atom. The van der Waals surface area contributed by atoms with Gasteiger partial charge in [0.2, 0.25) is 0 Å². The molecule has 0 bridgehead atoms. The van der Waals surface area contributed by atoms with Crippen molar-refractivity contribution in [2.24, 2.45) is 5.73 Å². The number of rotatable bonds is 2. The zero-order valence-corrected chi connectivity index (χ0v) is 8.97. The van der Waals surface area contributed by atoms with Crippen LogP contribution in [-0.2, 0) is 0 Å². The van der Waals surface area contributed by atoms with Crippen LogP contribution in [0.4, 0.5) is 0 Å². The molecule has 2 aromatic carbocycles. The predicted octanol–water partition coefficient (Wildman–Crippen LogP) is 2.37. The summed E-state index contributed by atoms with van der Waals surface area (Å²) in [6.07, 6.45) is 0. The van der Waals surface area contributed by atoms with E-state index >= 15 is 0 Å². The maximum absolute atomic E-state index is 8.87. The maximum Gasteiger partial charge on any atom is 0.126 e. The Labute approximate surface area is 94.1 Å². The molecule has 0 aromatic heterocycles. The summed E-state index contributed by atoms with van der Waals surface area (Å²) in [6, 6.07) is 12.9. The van der Waals surface area contributed by atoms with E-state index in [9.17, 15) is 0 Å². The Bertz CT molecular complexity index is 557. The number of ether oxygens (including phenoxy) is 1. The lowest BCUT2D eigenvalue weighted by atomic mass is 9.99. The van der Waals surface area contributed by atoms with Gasteiger partial charge in [-0.2, -0.15) is 5.26 Å². The molecule has 2 N–H and O–H groups in total. The molecule has 0 saturated carbocycles. The lowest BCUT2D eigenvalue weighted by Gasteiger charge is -2.11. The SMILES string of the molecule is COc1ccc(C(N)C#N)c2ccccc12. The Hall–Kier alpha value is -2.05. The van der Waals surface area contributed by atoms with E-state index in [1.807, 2.05) is 42.5 Å². The summed E-state index contributed by atoms with van der Waals surface area (Å²) in [7, 11) is 1.63. The third-order valence-corrected chi connectivity index (χ3v) is 2.61. The van der Waals surface area contributed by atoms with E-state index in [0.29, 0.717) is 0 Å². The molecule has 0 radical (unpaired) electrons. The summed E-state index contributed by atoms with van der Waals surface area (Å²) in [6.45, 7) is 0. The summed E-state index contributed by atoms with van der Waals surface area (Å²) in [5.41, 5.74) is 6.58. The molecule has 0 fully saturated rings. The van der Waals surface area contributed by atoms with Gasteiger partial charge in [-0.3, -0.25) is 0 Å². The highest BCUT2D eigenvalue weighted by Gasteiger charge is 2.11. The van der Waals surface area contributed by atoms with Crippen LogP contribution < -0.4 is 10.5 Å². The molecular weight excluding hydrogens is 200 g/mol. The molecule has 16 heavy (non-hydrogen) atoms. The monoisotopic (exact) mass is 212 g/mol. The van der Waals surface area contributed by atoms with E-state index in [0.717, 1.165) is 22.1 Å². The Morgan fingerprint density at radius 2 is 1.88 bits per heavy atom. The van der Waals surface area contributed by atoms with Gasteiger partial charge in [0.1, 0.15) is 11.8 Å². The molecule has 0 spiro atoms. The zero-order valence-electron chi connectivity index (χ0n) is 8.97. The van der Waals surface area contributed by atoms with Gasteiger partial charge >= 0.3 is 0 Å². The van der Waals surface area contributed by atoms with Gasteiger partial charge in [-0.15, -0.1) is 0 Å². The van der Waals surface area contributed by atoms with Crippen LogP contribution in [0.1, 0.15) is 11.6 Å². The van der Waals surface area contributed by atoms with Crippen molar-refractivity contribution in [3.8, 4) is 11.8 Å². The average Bonchev–Trinajstić information content (AvgIpc) is 2.36. The first-order valence-corrected chi connectivity index (χ1v) is 4.98. The summed E-state index contributed by atoms with van der Waals surface area (Å²) in [5.74, 6) is 0.796. The summed E-state index contributed by atoms with van der Waals surface area (Å²) in [4.78, 5) is 0. The molecule has 1 unspecified atom stereocenters. The minimum absolute atomic E-state index is 0.601. The lowest BCUT2D eigenvalue weighted by Crippen LogP contribution is -2.07. The molecule has 2 rings (SSSR count). The van der Waals surface area contributed by atoms with Crippen molar-refractivity contribution in [2.45, 2.75) is 6.04 Å². The largest absolute Gasteiger partial charge is 0.496 e. The molecule has 0 aliphatic heterocycles. The van der Waals surface area contributed by atoms with Gasteiger partial charge in [0.15, 0.2) is 0 Å². The number of hydrogen-bond acceptors (Lipinski definition) is 3. The Morgan fingerprint density at radius 3 is 2.50 bits per heavy atom. The molecule has 0 aliphatic carbocycles. The number of methoxy groups -OCH3 is 1. The Balaban J connectivity index is 2.75. The van der Waals surface area contributed by atoms with Gasteiger partial charge in [0.25, 0.3) is 0 Å². The predicted molar refractivity (Wildman–Crippen MR) is 63.0 cm³/mol. The molecule has 80 valence electrons. The first kappa shape index (κ1) is 10.5. The third kappa shape index (κ3) is 1.60. The van der Waals surface area contributed by atoms with E-state index in [1.54, 1.807) is 7.11 Å². The highest BCUT2D eigenvalue weighted by molar-refractivity contribution is 5.91. The minimum atomic E-state index is -0.601. The van der Waals surface area contributed by atoms with Crippen molar-refractivity contribution in [2.75, 3.05) is 7.11 Å². The van der Waals surface area contributed by atoms with Crippen molar-refractivity contribution in [3.05, 3.63) is 42.0 Å². The molecule has 3 heteroatoms. The van der Waals surface area contributed by atoms with Gasteiger partial charge in [-0.25, -0.2) is 0 Å². The lowest BCUT2D eigenvalue weighted by molar-refractivity contribution is 0.419. The van der Waals surface area contributed by atoms with Crippen LogP contribution in [0.2, 0.25) is 0 Å². The van der Waals surface area contributed by atoms with Crippen molar-refractivity contribution in [3.63, 3.8) is 0 Å². The smallest absolute Gasteiger partial charge is 0.126 e. The third-order valence-electron chi connectivity index (χ3n) is 2.61. The topological polar surface area (TPSA) is 59.0 Å². The van der Waals surface area contributed by atoms with E-state index in [4.69, 9.17) is 15.7 Å². The minimum Gasteiger partial charge on any atom is -0.496 e. The number of hydrogen-bond donors (Lipinski definition) is 1. The van der Waals surface area contributed by atoms with Crippen molar-refractivity contribution >= 4 is 10.8 Å². The molecule has 3 nitrogen and oxygen atoms in total. The summed E-state index contributed by atoms with van der Waals surface area (Å²) in [5, 5.41) is 10.8. The fraction of sp³-hybridized carbons (Fsp3) is 0.154.